The van der Waals surface area contributed by atoms with Crippen molar-refractivity contribution in [3.05, 3.63) is 65.2 Å². The van der Waals surface area contributed by atoms with E-state index < -0.39 is 23.8 Å². The number of benzene rings is 2. The van der Waals surface area contributed by atoms with Crippen molar-refractivity contribution in [1.29, 1.82) is 0 Å². The smallest absolute Gasteiger partial charge is 0.411 e. The van der Waals surface area contributed by atoms with Crippen molar-refractivity contribution in [3.8, 4) is 0 Å². The van der Waals surface area contributed by atoms with Crippen molar-refractivity contribution >= 4 is 29.3 Å². The molecule has 2 amide bonds. The number of ether oxygens (including phenoxy) is 1. The highest BCUT2D eigenvalue weighted by molar-refractivity contribution is 6.30. The molecule has 26 heavy (non-hydrogen) atoms. The van der Waals surface area contributed by atoms with Gasteiger partial charge in [-0.25, -0.2) is 4.79 Å². The predicted octanol–water partition coefficient (Wildman–Crippen LogP) is 4.64. The van der Waals surface area contributed by atoms with E-state index in [1.165, 1.54) is 4.90 Å². The number of halogens is 1. The van der Waals surface area contributed by atoms with Crippen molar-refractivity contribution in [3.63, 3.8) is 0 Å². The van der Waals surface area contributed by atoms with Gasteiger partial charge in [0.25, 0.3) is 0 Å². The first-order chi connectivity index (χ1) is 12.3. The van der Waals surface area contributed by atoms with Gasteiger partial charge in [0, 0.05) is 10.7 Å². The number of hydrogen-bond acceptors (Lipinski definition) is 3. The summed E-state index contributed by atoms with van der Waals surface area (Å²) in [6.07, 6.45) is -0.518. The molecule has 1 heterocycles. The maximum Gasteiger partial charge on any atom is 0.411 e. The quantitative estimate of drug-likeness (QED) is 0.798. The third-order valence-electron chi connectivity index (χ3n) is 3.91. The highest BCUT2D eigenvalue weighted by Gasteiger charge is 2.57. The Kier molecular flexibility index (Phi) is 4.92. The summed E-state index contributed by atoms with van der Waals surface area (Å²) in [7, 11) is 0. The number of hydrogen-bond donors (Lipinski definition) is 1. The molecule has 3 rings (SSSR count). The predicted molar refractivity (Wildman–Crippen MR) is 101 cm³/mol. The number of amides is 2. The maximum atomic E-state index is 12.7. The fourth-order valence-electron chi connectivity index (χ4n) is 2.81. The molecule has 5 nitrogen and oxygen atoms in total. The Morgan fingerprint density at radius 2 is 1.77 bits per heavy atom. The van der Waals surface area contributed by atoms with E-state index in [9.17, 15) is 9.59 Å². The molecule has 2 atom stereocenters. The van der Waals surface area contributed by atoms with Crippen molar-refractivity contribution in [1.82, 2.24) is 4.90 Å². The lowest BCUT2D eigenvalue weighted by atomic mass is 10.1. The van der Waals surface area contributed by atoms with E-state index in [1.54, 1.807) is 51.1 Å². The van der Waals surface area contributed by atoms with Crippen molar-refractivity contribution in [2.75, 3.05) is 5.32 Å². The Morgan fingerprint density at radius 1 is 1.08 bits per heavy atom. The van der Waals surface area contributed by atoms with Gasteiger partial charge in [-0.2, -0.15) is 0 Å². The summed E-state index contributed by atoms with van der Waals surface area (Å²) in [6.45, 7) is 5.38. The van der Waals surface area contributed by atoms with E-state index in [2.05, 4.69) is 5.32 Å². The average molecular weight is 373 g/mol. The number of para-hydroxylation sites is 1. The minimum absolute atomic E-state index is 0.257. The lowest BCUT2D eigenvalue weighted by Crippen LogP contribution is -2.30. The highest BCUT2D eigenvalue weighted by atomic mass is 35.5. The van der Waals surface area contributed by atoms with Gasteiger partial charge in [0.05, 0.1) is 6.04 Å². The first-order valence-electron chi connectivity index (χ1n) is 8.39. The number of nitrogens with zero attached hydrogens (tertiary/aromatic N) is 1. The van der Waals surface area contributed by atoms with E-state index in [0.717, 1.165) is 5.56 Å². The number of anilines is 1. The Bertz CT molecular complexity index is 817. The molecule has 6 heteroatoms. The van der Waals surface area contributed by atoms with Crippen LogP contribution in [0.25, 0.3) is 0 Å². The minimum atomic E-state index is -0.640. The van der Waals surface area contributed by atoms with Crippen LogP contribution in [0.1, 0.15) is 32.4 Å². The Labute approximate surface area is 157 Å². The van der Waals surface area contributed by atoms with Gasteiger partial charge in [-0.3, -0.25) is 9.69 Å². The molecule has 136 valence electrons. The molecule has 0 aliphatic carbocycles. The number of nitrogens with one attached hydrogen (secondary N) is 1. The summed E-state index contributed by atoms with van der Waals surface area (Å²) < 4.78 is 5.45. The highest BCUT2D eigenvalue weighted by Crippen LogP contribution is 2.45. The molecule has 1 saturated heterocycles. The summed E-state index contributed by atoms with van der Waals surface area (Å²) in [5.74, 6) is -0.257. The van der Waals surface area contributed by atoms with Crippen LogP contribution in [0.2, 0.25) is 5.02 Å². The summed E-state index contributed by atoms with van der Waals surface area (Å²) in [5.41, 5.74) is 0.842. The van der Waals surface area contributed by atoms with Gasteiger partial charge in [0.2, 0.25) is 5.91 Å². The number of carbonyl (C=O) groups excluding carboxylic acids is 2. The van der Waals surface area contributed by atoms with Gasteiger partial charge in [0.1, 0.15) is 11.6 Å². The fourth-order valence-corrected chi connectivity index (χ4v) is 3.01. The van der Waals surface area contributed by atoms with Crippen molar-refractivity contribution in [2.45, 2.75) is 38.5 Å². The zero-order valence-electron chi connectivity index (χ0n) is 14.9. The van der Waals surface area contributed by atoms with Gasteiger partial charge in [0.15, 0.2) is 0 Å². The van der Waals surface area contributed by atoms with Crippen LogP contribution >= 0.6 is 11.6 Å². The molecule has 0 bridgehead atoms. The molecule has 0 saturated carbocycles. The van der Waals surface area contributed by atoms with Crippen LogP contribution in [-0.2, 0) is 9.53 Å². The third-order valence-corrected chi connectivity index (χ3v) is 4.15. The molecule has 0 aromatic heterocycles. The lowest BCUT2D eigenvalue weighted by molar-refractivity contribution is -0.116. The number of carbonyl (C=O) groups is 2. The summed E-state index contributed by atoms with van der Waals surface area (Å²) in [4.78, 5) is 26.7. The minimum Gasteiger partial charge on any atom is -0.444 e. The molecular weight excluding hydrogens is 352 g/mol. The van der Waals surface area contributed by atoms with Gasteiger partial charge in [-0.1, -0.05) is 41.9 Å². The molecule has 1 N–H and O–H groups in total. The molecule has 0 radical (unpaired) electrons. The van der Waals surface area contributed by atoms with Crippen LogP contribution < -0.4 is 5.32 Å². The van der Waals surface area contributed by atoms with Crippen LogP contribution in [0, 0.1) is 0 Å². The molecule has 2 unspecified atom stereocenters. The Hall–Kier alpha value is -2.53. The van der Waals surface area contributed by atoms with Gasteiger partial charge >= 0.3 is 6.09 Å². The second kappa shape index (κ2) is 7.00. The van der Waals surface area contributed by atoms with E-state index in [0.29, 0.717) is 10.7 Å². The van der Waals surface area contributed by atoms with Crippen LogP contribution in [0.4, 0.5) is 10.5 Å². The summed E-state index contributed by atoms with van der Waals surface area (Å²) >= 11 is 6.07. The molecular formula is C20H21ClN2O3. The fraction of sp³-hybridized carbons (Fsp3) is 0.300. The first-order valence-corrected chi connectivity index (χ1v) is 8.77. The summed E-state index contributed by atoms with van der Waals surface area (Å²) in [6, 6.07) is 15.3. The third kappa shape index (κ3) is 4.17. The molecule has 1 aliphatic heterocycles. The van der Waals surface area contributed by atoms with Gasteiger partial charge < -0.3 is 10.1 Å². The van der Waals surface area contributed by atoms with E-state index in [1.807, 2.05) is 24.3 Å². The SMILES string of the molecule is CC(C)(C)OC(=O)N1C(C(=O)Nc2ccccc2)C1c1cccc(Cl)c1. The van der Waals surface area contributed by atoms with Gasteiger partial charge in [-0.05, 0) is 50.6 Å². The van der Waals surface area contributed by atoms with Crippen LogP contribution in [0.5, 0.6) is 0 Å². The zero-order valence-corrected chi connectivity index (χ0v) is 15.7. The van der Waals surface area contributed by atoms with E-state index in [4.69, 9.17) is 16.3 Å². The van der Waals surface area contributed by atoms with E-state index in [-0.39, 0.29) is 5.91 Å². The second-order valence-electron chi connectivity index (χ2n) is 7.19. The zero-order chi connectivity index (χ0) is 18.9. The normalized spacial score (nSPS) is 19.0. The lowest BCUT2D eigenvalue weighted by Gasteiger charge is -2.20. The number of rotatable bonds is 3. The van der Waals surface area contributed by atoms with Gasteiger partial charge in [-0.15, -0.1) is 0 Å². The topological polar surface area (TPSA) is 58.4 Å². The maximum absolute atomic E-state index is 12.7. The molecule has 0 spiro atoms. The largest absolute Gasteiger partial charge is 0.444 e. The first kappa shape index (κ1) is 18.3. The molecule has 1 fully saturated rings. The standard InChI is InChI=1S/C20H21ClN2O3/c1-20(2,3)26-19(25)23-16(13-8-7-9-14(21)12-13)17(23)18(24)22-15-10-5-4-6-11-15/h4-12,16-17H,1-3H3,(H,22,24). The monoisotopic (exact) mass is 372 g/mol. The van der Waals surface area contributed by atoms with E-state index >= 15 is 0 Å². The van der Waals surface area contributed by atoms with Crippen molar-refractivity contribution < 1.29 is 14.3 Å². The van der Waals surface area contributed by atoms with Crippen LogP contribution in [0.15, 0.2) is 54.6 Å². The molecule has 1 aliphatic rings. The summed E-state index contributed by atoms with van der Waals surface area (Å²) in [5, 5.41) is 3.40. The Balaban J connectivity index is 1.82. The molecule has 2 aromatic carbocycles. The van der Waals surface area contributed by atoms with Crippen LogP contribution in [-0.4, -0.2) is 28.5 Å². The molecule has 2 aromatic rings. The average Bonchev–Trinajstić information content (AvgIpc) is 3.30. The van der Waals surface area contributed by atoms with Crippen molar-refractivity contribution in [2.24, 2.45) is 0 Å². The second-order valence-corrected chi connectivity index (χ2v) is 7.62. The van der Waals surface area contributed by atoms with Crippen LogP contribution in [0.3, 0.4) is 0 Å². The Morgan fingerprint density at radius 3 is 2.38 bits per heavy atom.